The van der Waals surface area contributed by atoms with E-state index in [0.717, 1.165) is 23.9 Å². The van der Waals surface area contributed by atoms with Gasteiger partial charge in [0.1, 0.15) is 0 Å². The highest BCUT2D eigenvalue weighted by molar-refractivity contribution is 7.80. The largest absolute Gasteiger partial charge is 0.372 e. The number of aromatic nitrogens is 2. The maximum Gasteiger partial charge on any atom is 0.170 e. The van der Waals surface area contributed by atoms with Crippen molar-refractivity contribution in [2.45, 2.75) is 77.9 Å². The SMILES string of the molecule is CCN(CC)c1ccc(-n2c(C)cc(C3C(c4ccccn4)NC(=S)N3C3CCCCC3)c2C)cc1. The van der Waals surface area contributed by atoms with Crippen LogP contribution in [0.4, 0.5) is 5.69 Å². The first-order chi connectivity index (χ1) is 17.5. The quantitative estimate of drug-likeness (QED) is 0.367. The fourth-order valence-electron chi connectivity index (χ4n) is 6.34. The lowest BCUT2D eigenvalue weighted by Crippen LogP contribution is -2.40. The molecule has 2 fully saturated rings. The molecule has 2 aliphatic rings. The molecule has 3 heterocycles. The van der Waals surface area contributed by atoms with Gasteiger partial charge in [0.25, 0.3) is 0 Å². The molecule has 2 aromatic heterocycles. The van der Waals surface area contributed by atoms with E-state index in [1.165, 1.54) is 60.4 Å². The Morgan fingerprint density at radius 2 is 1.72 bits per heavy atom. The molecule has 1 aliphatic heterocycles. The maximum absolute atomic E-state index is 5.99. The topological polar surface area (TPSA) is 36.3 Å². The van der Waals surface area contributed by atoms with Gasteiger partial charge in [-0.15, -0.1) is 0 Å². The van der Waals surface area contributed by atoms with E-state index in [4.69, 9.17) is 17.2 Å². The molecule has 1 aliphatic carbocycles. The molecule has 1 saturated carbocycles. The van der Waals surface area contributed by atoms with Crippen molar-refractivity contribution in [3.05, 3.63) is 77.4 Å². The van der Waals surface area contributed by atoms with Gasteiger partial charge in [-0.2, -0.15) is 0 Å². The van der Waals surface area contributed by atoms with Crippen LogP contribution in [0.5, 0.6) is 0 Å². The Morgan fingerprint density at radius 3 is 2.36 bits per heavy atom. The molecule has 5 nitrogen and oxygen atoms in total. The zero-order valence-electron chi connectivity index (χ0n) is 22.1. The lowest BCUT2D eigenvalue weighted by atomic mass is 9.90. The zero-order chi connectivity index (χ0) is 25.2. The van der Waals surface area contributed by atoms with Crippen LogP contribution in [0.15, 0.2) is 54.7 Å². The van der Waals surface area contributed by atoms with Crippen molar-refractivity contribution in [3.8, 4) is 5.69 Å². The first-order valence-corrected chi connectivity index (χ1v) is 14.0. The highest BCUT2D eigenvalue weighted by Crippen LogP contribution is 2.44. The molecule has 1 aromatic carbocycles. The molecule has 3 aromatic rings. The Bertz CT molecular complexity index is 1180. The van der Waals surface area contributed by atoms with E-state index in [9.17, 15) is 0 Å². The number of rotatable bonds is 7. The molecule has 190 valence electrons. The molecule has 1 saturated heterocycles. The average Bonchev–Trinajstić information content (AvgIpc) is 3.41. The summed E-state index contributed by atoms with van der Waals surface area (Å²) in [5.41, 5.74) is 7.40. The molecule has 0 amide bonds. The Morgan fingerprint density at radius 1 is 1.00 bits per heavy atom. The molecule has 0 bridgehead atoms. The van der Waals surface area contributed by atoms with Crippen molar-refractivity contribution in [1.82, 2.24) is 19.8 Å². The highest BCUT2D eigenvalue weighted by atomic mass is 32.1. The number of hydrogen-bond donors (Lipinski definition) is 1. The summed E-state index contributed by atoms with van der Waals surface area (Å²) in [6.45, 7) is 10.9. The lowest BCUT2D eigenvalue weighted by Gasteiger charge is -2.37. The van der Waals surface area contributed by atoms with Crippen LogP contribution in [0.1, 0.15) is 80.7 Å². The average molecular weight is 502 g/mol. The summed E-state index contributed by atoms with van der Waals surface area (Å²) >= 11 is 5.99. The van der Waals surface area contributed by atoms with E-state index in [1.54, 1.807) is 0 Å². The van der Waals surface area contributed by atoms with Crippen molar-refractivity contribution in [2.24, 2.45) is 0 Å². The van der Waals surface area contributed by atoms with Gasteiger partial charge in [-0.3, -0.25) is 4.98 Å². The van der Waals surface area contributed by atoms with Gasteiger partial charge >= 0.3 is 0 Å². The monoisotopic (exact) mass is 501 g/mol. The molecular formula is C30H39N5S. The minimum atomic E-state index is 0.0413. The minimum Gasteiger partial charge on any atom is -0.372 e. The molecule has 5 rings (SSSR count). The van der Waals surface area contributed by atoms with Crippen LogP contribution >= 0.6 is 12.2 Å². The van der Waals surface area contributed by atoms with Crippen LogP contribution in [-0.2, 0) is 0 Å². The third-order valence-corrected chi connectivity index (χ3v) is 8.46. The fourth-order valence-corrected chi connectivity index (χ4v) is 6.73. The van der Waals surface area contributed by atoms with Crippen molar-refractivity contribution in [1.29, 1.82) is 0 Å². The standard InChI is InChI=1S/C30H39N5S/c1-5-33(6-2)23-15-17-25(18-16-23)34-21(3)20-26(22(34)4)29-28(27-14-10-11-19-31-27)32-30(36)35(29)24-12-8-7-9-13-24/h10-11,14-20,24,28-29H,5-9,12-13H2,1-4H3,(H,32,36). The number of nitrogens with zero attached hydrogens (tertiary/aromatic N) is 4. The predicted molar refractivity (Wildman–Crippen MR) is 153 cm³/mol. The number of nitrogens with one attached hydrogen (secondary N) is 1. The predicted octanol–water partition coefficient (Wildman–Crippen LogP) is 6.64. The Labute approximate surface area is 221 Å². The van der Waals surface area contributed by atoms with Gasteiger partial charge < -0.3 is 19.7 Å². The van der Waals surface area contributed by atoms with Crippen LogP contribution in [0.25, 0.3) is 5.69 Å². The van der Waals surface area contributed by atoms with Gasteiger partial charge in [0.05, 0.1) is 17.8 Å². The number of pyridine rings is 1. The van der Waals surface area contributed by atoms with Gasteiger partial charge in [-0.1, -0.05) is 25.3 Å². The first-order valence-electron chi connectivity index (χ1n) is 13.6. The van der Waals surface area contributed by atoms with Crippen LogP contribution < -0.4 is 10.2 Å². The van der Waals surface area contributed by atoms with Crippen LogP contribution in [0, 0.1) is 13.8 Å². The molecule has 2 atom stereocenters. The second-order valence-electron chi connectivity index (χ2n) is 10.2. The molecular weight excluding hydrogens is 462 g/mol. The van der Waals surface area contributed by atoms with Crippen LogP contribution in [0.2, 0.25) is 0 Å². The molecule has 6 heteroatoms. The van der Waals surface area contributed by atoms with E-state index in [0.29, 0.717) is 6.04 Å². The van der Waals surface area contributed by atoms with E-state index < -0.39 is 0 Å². The summed E-state index contributed by atoms with van der Waals surface area (Å²) in [5.74, 6) is 0. The summed E-state index contributed by atoms with van der Waals surface area (Å²) < 4.78 is 2.40. The van der Waals surface area contributed by atoms with Gasteiger partial charge in [0.2, 0.25) is 0 Å². The normalized spacial score (nSPS) is 20.6. The van der Waals surface area contributed by atoms with E-state index in [1.807, 2.05) is 12.3 Å². The number of hydrogen-bond acceptors (Lipinski definition) is 3. The van der Waals surface area contributed by atoms with Crippen molar-refractivity contribution >= 4 is 23.0 Å². The molecule has 36 heavy (non-hydrogen) atoms. The first kappa shape index (κ1) is 24.8. The van der Waals surface area contributed by atoms with E-state index in [2.05, 4.69) is 89.8 Å². The smallest absolute Gasteiger partial charge is 0.170 e. The number of benzene rings is 1. The van der Waals surface area contributed by atoms with Crippen molar-refractivity contribution < 1.29 is 0 Å². The summed E-state index contributed by atoms with van der Waals surface area (Å²) in [5, 5.41) is 4.55. The second-order valence-corrected chi connectivity index (χ2v) is 10.6. The van der Waals surface area contributed by atoms with Gasteiger partial charge in [-0.25, -0.2) is 0 Å². The maximum atomic E-state index is 5.99. The summed E-state index contributed by atoms with van der Waals surface area (Å²) in [4.78, 5) is 9.65. The Kier molecular flexibility index (Phi) is 7.33. The van der Waals surface area contributed by atoms with Gasteiger partial charge in [-0.05, 0) is 101 Å². The highest BCUT2D eigenvalue weighted by Gasteiger charge is 2.44. The zero-order valence-corrected chi connectivity index (χ0v) is 22.9. The van der Waals surface area contributed by atoms with Crippen LogP contribution in [0.3, 0.4) is 0 Å². The van der Waals surface area contributed by atoms with E-state index >= 15 is 0 Å². The third kappa shape index (κ3) is 4.52. The lowest BCUT2D eigenvalue weighted by molar-refractivity contribution is 0.197. The summed E-state index contributed by atoms with van der Waals surface area (Å²) in [6.07, 6.45) is 8.20. The molecule has 1 N–H and O–H groups in total. The molecule has 0 spiro atoms. The fraction of sp³-hybridized carbons (Fsp3) is 0.467. The van der Waals surface area contributed by atoms with Crippen LogP contribution in [-0.4, -0.2) is 38.7 Å². The van der Waals surface area contributed by atoms with Gasteiger partial charge in [0, 0.05) is 48.1 Å². The number of aryl methyl sites for hydroxylation is 1. The third-order valence-electron chi connectivity index (χ3n) is 8.13. The molecule has 0 radical (unpaired) electrons. The molecule has 2 unspecified atom stereocenters. The van der Waals surface area contributed by atoms with Gasteiger partial charge in [0.15, 0.2) is 5.11 Å². The summed E-state index contributed by atoms with van der Waals surface area (Å²) in [6, 6.07) is 18.2. The summed E-state index contributed by atoms with van der Waals surface area (Å²) in [7, 11) is 0. The van der Waals surface area contributed by atoms with Crippen molar-refractivity contribution in [3.63, 3.8) is 0 Å². The Hall–Kier alpha value is -2.86. The van der Waals surface area contributed by atoms with Crippen molar-refractivity contribution in [2.75, 3.05) is 18.0 Å². The second kappa shape index (κ2) is 10.6. The minimum absolute atomic E-state index is 0.0413. The number of anilines is 1. The van der Waals surface area contributed by atoms with E-state index in [-0.39, 0.29) is 12.1 Å². The number of thiocarbonyl (C=S) groups is 1. The Balaban J connectivity index is 1.56.